The maximum absolute atomic E-state index is 5.62. The molecule has 0 bridgehead atoms. The van der Waals surface area contributed by atoms with Crippen molar-refractivity contribution in [2.24, 2.45) is 10.8 Å². The van der Waals surface area contributed by atoms with Gasteiger partial charge in [0.05, 0.1) is 12.1 Å². The van der Waals surface area contributed by atoms with Gasteiger partial charge in [0, 0.05) is 5.69 Å². The van der Waals surface area contributed by atoms with Gasteiger partial charge in [-0.1, -0.05) is 19.3 Å². The second kappa shape index (κ2) is 7.88. The highest BCUT2D eigenvalue weighted by Crippen LogP contribution is 2.21. The zero-order valence-corrected chi connectivity index (χ0v) is 12.9. The lowest BCUT2D eigenvalue weighted by Crippen LogP contribution is -2.37. The summed E-state index contributed by atoms with van der Waals surface area (Å²) in [6.07, 6.45) is 6.31. The van der Waals surface area contributed by atoms with Gasteiger partial charge in [0.25, 0.3) is 0 Å². The molecule has 1 aromatic carbocycles. The third-order valence-corrected chi connectivity index (χ3v) is 3.51. The number of rotatable bonds is 4. The average Bonchev–Trinajstić information content (AvgIpc) is 2.49. The molecule has 0 radical (unpaired) electrons. The average molecular weight is 290 g/mol. The number of nitrogens with one attached hydrogen (secondary N) is 2. The van der Waals surface area contributed by atoms with E-state index < -0.39 is 0 Å². The molecular weight excluding hydrogens is 264 g/mol. The van der Waals surface area contributed by atoms with Crippen molar-refractivity contribution in [1.29, 1.82) is 0 Å². The van der Waals surface area contributed by atoms with E-state index in [0.29, 0.717) is 12.0 Å². The summed E-state index contributed by atoms with van der Waals surface area (Å²) in [5.41, 5.74) is 3.60. The van der Waals surface area contributed by atoms with Crippen LogP contribution in [0.4, 0.5) is 5.69 Å². The summed E-state index contributed by atoms with van der Waals surface area (Å²) < 4.78 is 5.62. The van der Waals surface area contributed by atoms with E-state index in [1.807, 2.05) is 38.1 Å². The number of hydrogen-bond acceptors (Lipinski definition) is 3. The molecule has 1 aromatic rings. The molecule has 0 atom stereocenters. The van der Waals surface area contributed by atoms with E-state index in [2.05, 4.69) is 15.7 Å². The van der Waals surface area contributed by atoms with Crippen LogP contribution >= 0.6 is 0 Å². The number of hydrazine groups is 1. The van der Waals surface area contributed by atoms with Crippen LogP contribution in [0.15, 0.2) is 29.3 Å². The Morgan fingerprint density at radius 2 is 1.86 bits per heavy atom. The number of guanidine groups is 1. The smallest absolute Gasteiger partial charge is 0.210 e. The number of nitrogens with two attached hydrogens (primary N) is 1. The number of nitrogens with zero attached hydrogens (tertiary/aromatic N) is 1. The van der Waals surface area contributed by atoms with E-state index in [1.54, 1.807) is 0 Å². The summed E-state index contributed by atoms with van der Waals surface area (Å²) in [5.74, 6) is 7.05. The second-order valence-electron chi connectivity index (χ2n) is 5.73. The summed E-state index contributed by atoms with van der Waals surface area (Å²) in [6.45, 7) is 4.03. The maximum Gasteiger partial charge on any atom is 0.210 e. The van der Waals surface area contributed by atoms with E-state index in [4.69, 9.17) is 10.6 Å². The van der Waals surface area contributed by atoms with Gasteiger partial charge in [0.2, 0.25) is 5.96 Å². The third-order valence-electron chi connectivity index (χ3n) is 3.51. The molecule has 21 heavy (non-hydrogen) atoms. The summed E-state index contributed by atoms with van der Waals surface area (Å²) in [6, 6.07) is 8.19. The van der Waals surface area contributed by atoms with Crippen molar-refractivity contribution >= 4 is 11.6 Å². The zero-order chi connectivity index (χ0) is 15.1. The number of aliphatic imine (C=N–C) groups is 1. The normalized spacial score (nSPS) is 16.9. The highest BCUT2D eigenvalue weighted by molar-refractivity contribution is 5.93. The monoisotopic (exact) mass is 290 g/mol. The van der Waals surface area contributed by atoms with Crippen LogP contribution in [-0.2, 0) is 0 Å². The van der Waals surface area contributed by atoms with E-state index >= 15 is 0 Å². The standard InChI is InChI=1S/C16H26N4O/c1-12(2)21-15-10-8-14(9-11-15)19-16(20-17)18-13-6-4-3-5-7-13/h8-13H,3-7,17H2,1-2H3,(H2,18,19,20). The minimum atomic E-state index is 0.179. The summed E-state index contributed by atoms with van der Waals surface area (Å²) in [7, 11) is 0. The van der Waals surface area contributed by atoms with Crippen LogP contribution in [0.5, 0.6) is 5.75 Å². The highest BCUT2D eigenvalue weighted by atomic mass is 16.5. The second-order valence-corrected chi connectivity index (χ2v) is 5.73. The SMILES string of the molecule is CC(C)Oc1ccc(NC(=NC2CCCCC2)NN)cc1. The zero-order valence-electron chi connectivity index (χ0n) is 12.9. The van der Waals surface area contributed by atoms with Crippen LogP contribution < -0.4 is 21.3 Å². The minimum Gasteiger partial charge on any atom is -0.491 e. The lowest BCUT2D eigenvalue weighted by Gasteiger charge is -2.19. The topological polar surface area (TPSA) is 71.7 Å². The van der Waals surface area contributed by atoms with E-state index in [-0.39, 0.29) is 6.10 Å². The Hall–Kier alpha value is -1.75. The molecule has 0 spiro atoms. The van der Waals surface area contributed by atoms with Crippen molar-refractivity contribution in [1.82, 2.24) is 5.43 Å². The predicted octanol–water partition coefficient (Wildman–Crippen LogP) is 3.04. The van der Waals surface area contributed by atoms with Gasteiger partial charge in [-0.3, -0.25) is 5.43 Å². The van der Waals surface area contributed by atoms with Crippen LogP contribution in [0, 0.1) is 0 Å². The largest absolute Gasteiger partial charge is 0.491 e. The molecule has 0 aromatic heterocycles. The Morgan fingerprint density at radius 3 is 2.43 bits per heavy atom. The van der Waals surface area contributed by atoms with E-state index in [9.17, 15) is 0 Å². The van der Waals surface area contributed by atoms with E-state index in [1.165, 1.54) is 19.3 Å². The Kier molecular flexibility index (Phi) is 5.87. The van der Waals surface area contributed by atoms with Crippen molar-refractivity contribution < 1.29 is 4.74 Å². The van der Waals surface area contributed by atoms with Crippen molar-refractivity contribution in [2.75, 3.05) is 5.32 Å². The number of benzene rings is 1. The molecule has 0 saturated heterocycles. The number of hydrogen-bond donors (Lipinski definition) is 3. The molecule has 1 aliphatic rings. The van der Waals surface area contributed by atoms with E-state index in [0.717, 1.165) is 24.3 Å². The molecule has 1 aliphatic carbocycles. The van der Waals surface area contributed by atoms with Crippen molar-refractivity contribution in [3.05, 3.63) is 24.3 Å². The van der Waals surface area contributed by atoms with Gasteiger partial charge in [-0.25, -0.2) is 10.8 Å². The molecule has 2 rings (SSSR count). The predicted molar refractivity (Wildman–Crippen MR) is 87.5 cm³/mol. The van der Waals surface area contributed by atoms with Gasteiger partial charge in [0.15, 0.2) is 0 Å². The van der Waals surface area contributed by atoms with Gasteiger partial charge in [-0.05, 0) is 51.0 Å². The van der Waals surface area contributed by atoms with Gasteiger partial charge >= 0.3 is 0 Å². The van der Waals surface area contributed by atoms with Gasteiger partial charge in [0.1, 0.15) is 5.75 Å². The lowest BCUT2D eigenvalue weighted by molar-refractivity contribution is 0.242. The van der Waals surface area contributed by atoms with Gasteiger partial charge < -0.3 is 10.1 Å². The molecule has 1 saturated carbocycles. The van der Waals surface area contributed by atoms with Crippen molar-refractivity contribution in [3.8, 4) is 5.75 Å². The van der Waals surface area contributed by atoms with Gasteiger partial charge in [-0.2, -0.15) is 0 Å². The minimum absolute atomic E-state index is 0.179. The van der Waals surface area contributed by atoms with Crippen LogP contribution in [0.25, 0.3) is 0 Å². The third kappa shape index (κ3) is 5.27. The van der Waals surface area contributed by atoms with Crippen molar-refractivity contribution in [2.45, 2.75) is 58.1 Å². The van der Waals surface area contributed by atoms with Gasteiger partial charge in [-0.15, -0.1) is 0 Å². The molecule has 5 nitrogen and oxygen atoms in total. The Labute approximate surface area is 126 Å². The maximum atomic E-state index is 5.62. The first-order valence-electron chi connectivity index (χ1n) is 7.75. The molecule has 0 amide bonds. The molecule has 0 aliphatic heterocycles. The Bertz CT molecular complexity index is 450. The summed E-state index contributed by atoms with van der Waals surface area (Å²) in [4.78, 5) is 4.66. The number of ether oxygens (including phenoxy) is 1. The summed E-state index contributed by atoms with van der Waals surface area (Å²) in [5, 5.41) is 3.21. The Morgan fingerprint density at radius 1 is 1.19 bits per heavy atom. The molecule has 0 heterocycles. The summed E-state index contributed by atoms with van der Waals surface area (Å²) >= 11 is 0. The lowest BCUT2D eigenvalue weighted by atomic mass is 9.96. The quantitative estimate of drug-likeness (QED) is 0.345. The Balaban J connectivity index is 1.95. The van der Waals surface area contributed by atoms with Crippen molar-refractivity contribution in [3.63, 3.8) is 0 Å². The van der Waals surface area contributed by atoms with Crippen LogP contribution in [0.2, 0.25) is 0 Å². The fraction of sp³-hybridized carbons (Fsp3) is 0.562. The first-order chi connectivity index (χ1) is 10.2. The van der Waals surface area contributed by atoms with Crippen LogP contribution in [0.3, 0.4) is 0 Å². The first kappa shape index (κ1) is 15.6. The van der Waals surface area contributed by atoms with Crippen LogP contribution in [-0.4, -0.2) is 18.1 Å². The molecule has 5 heteroatoms. The molecular formula is C16H26N4O. The fourth-order valence-corrected chi connectivity index (χ4v) is 2.52. The molecule has 116 valence electrons. The van der Waals surface area contributed by atoms with Crippen LogP contribution in [0.1, 0.15) is 46.0 Å². The molecule has 0 unspecified atom stereocenters. The molecule has 1 fully saturated rings. The fourth-order valence-electron chi connectivity index (χ4n) is 2.52. The highest BCUT2D eigenvalue weighted by Gasteiger charge is 2.13. The first-order valence-corrected chi connectivity index (χ1v) is 7.75. The molecule has 4 N–H and O–H groups in total. The number of anilines is 1.